The van der Waals surface area contributed by atoms with Crippen molar-refractivity contribution in [2.45, 2.75) is 40.0 Å². The molecule has 0 spiro atoms. The maximum Gasteiger partial charge on any atom is 0.0205 e. The van der Waals surface area contributed by atoms with Crippen molar-refractivity contribution in [1.29, 1.82) is 0 Å². The molecule has 1 unspecified atom stereocenters. The topological polar surface area (TPSA) is 0 Å². The van der Waals surface area contributed by atoms with Gasteiger partial charge in [0.2, 0.25) is 0 Å². The summed E-state index contributed by atoms with van der Waals surface area (Å²) < 4.78 is 0. The molecule has 0 saturated carbocycles. The molecule has 1 atom stereocenters. The fourth-order valence-corrected chi connectivity index (χ4v) is 3.10. The van der Waals surface area contributed by atoms with Gasteiger partial charge in [0.15, 0.2) is 0 Å². The number of hydrogen-bond donors (Lipinski definition) is 0. The second kappa shape index (κ2) is 5.44. The fraction of sp³-hybridized carbons (Fsp3) is 0.400. The normalized spacial score (nSPS) is 14.1. The molecule has 20 heavy (non-hydrogen) atoms. The van der Waals surface area contributed by atoms with E-state index < -0.39 is 0 Å². The number of rotatable bonds is 3. The Morgan fingerprint density at radius 2 is 1.00 bits per heavy atom. The average molecular weight is 266 g/mol. The Labute approximate surface area is 123 Å². The van der Waals surface area contributed by atoms with E-state index >= 15 is 0 Å². The third-order valence-corrected chi connectivity index (χ3v) is 4.91. The smallest absolute Gasteiger partial charge is 0.0205 e. The van der Waals surface area contributed by atoms with Gasteiger partial charge in [-0.05, 0) is 22.5 Å². The maximum absolute atomic E-state index is 2.38. The molecule has 0 amide bonds. The second-order valence-electron chi connectivity index (χ2n) is 7.02. The summed E-state index contributed by atoms with van der Waals surface area (Å²) in [5, 5.41) is 0. The first-order valence-corrected chi connectivity index (χ1v) is 7.48. The van der Waals surface area contributed by atoms with Crippen LogP contribution in [0.3, 0.4) is 0 Å². The second-order valence-corrected chi connectivity index (χ2v) is 7.02. The van der Waals surface area contributed by atoms with Gasteiger partial charge in [0.25, 0.3) is 0 Å². The van der Waals surface area contributed by atoms with Gasteiger partial charge in [-0.3, -0.25) is 0 Å². The van der Waals surface area contributed by atoms with Crippen molar-refractivity contribution in [1.82, 2.24) is 0 Å². The highest BCUT2D eigenvalue weighted by Crippen LogP contribution is 2.46. The van der Waals surface area contributed by atoms with Crippen molar-refractivity contribution in [3.8, 4) is 0 Å². The van der Waals surface area contributed by atoms with Crippen molar-refractivity contribution in [3.05, 3.63) is 71.8 Å². The molecule has 0 aromatic heterocycles. The monoisotopic (exact) mass is 266 g/mol. The van der Waals surface area contributed by atoms with Gasteiger partial charge in [-0.15, -0.1) is 0 Å². The van der Waals surface area contributed by atoms with Crippen molar-refractivity contribution >= 4 is 0 Å². The quantitative estimate of drug-likeness (QED) is 0.671. The summed E-state index contributed by atoms with van der Waals surface area (Å²) in [5.41, 5.74) is 3.07. The van der Waals surface area contributed by atoms with E-state index in [9.17, 15) is 0 Å². The zero-order chi connectivity index (χ0) is 14.8. The number of hydrogen-bond acceptors (Lipinski definition) is 0. The van der Waals surface area contributed by atoms with Gasteiger partial charge < -0.3 is 0 Å². The first-order valence-electron chi connectivity index (χ1n) is 7.48. The Hall–Kier alpha value is -1.56. The van der Waals surface area contributed by atoms with E-state index in [0.717, 1.165) is 0 Å². The Balaban J connectivity index is 2.61. The van der Waals surface area contributed by atoms with Gasteiger partial charge in [0.05, 0.1) is 0 Å². The third kappa shape index (κ3) is 2.65. The van der Waals surface area contributed by atoms with Crippen LogP contribution in [0, 0.1) is 11.3 Å². The summed E-state index contributed by atoms with van der Waals surface area (Å²) in [5.74, 6) is 0.528. The van der Waals surface area contributed by atoms with Crippen molar-refractivity contribution in [2.24, 2.45) is 11.3 Å². The van der Waals surface area contributed by atoms with E-state index in [0.29, 0.717) is 5.92 Å². The lowest BCUT2D eigenvalue weighted by Gasteiger charge is -2.44. The zero-order valence-corrected chi connectivity index (χ0v) is 13.4. The van der Waals surface area contributed by atoms with Gasteiger partial charge >= 0.3 is 0 Å². The molecule has 0 aliphatic carbocycles. The van der Waals surface area contributed by atoms with Crippen molar-refractivity contribution in [3.63, 3.8) is 0 Å². The molecule has 0 heterocycles. The van der Waals surface area contributed by atoms with Gasteiger partial charge in [-0.1, -0.05) is 95.3 Å². The molecule has 0 saturated heterocycles. The molecule has 0 aliphatic rings. The van der Waals surface area contributed by atoms with Crippen LogP contribution in [0.25, 0.3) is 0 Å². The lowest BCUT2D eigenvalue weighted by Crippen LogP contribution is -2.39. The van der Waals surface area contributed by atoms with Gasteiger partial charge in [0.1, 0.15) is 0 Å². The van der Waals surface area contributed by atoms with E-state index in [2.05, 4.69) is 95.3 Å². The fourth-order valence-electron chi connectivity index (χ4n) is 3.10. The molecular formula is C20H26. The molecular weight excluding hydrogens is 240 g/mol. The summed E-state index contributed by atoms with van der Waals surface area (Å²) >= 11 is 0. The first kappa shape index (κ1) is 14.8. The van der Waals surface area contributed by atoms with E-state index in [4.69, 9.17) is 0 Å². The van der Waals surface area contributed by atoms with Crippen LogP contribution < -0.4 is 0 Å². The summed E-state index contributed by atoms with van der Waals surface area (Å²) in [6, 6.07) is 21.8. The SMILES string of the molecule is CC(C(C)(C)C)C(C)(c1ccccc1)c1ccccc1. The minimum Gasteiger partial charge on any atom is -0.0622 e. The average Bonchev–Trinajstić information content (AvgIpc) is 2.46. The third-order valence-electron chi connectivity index (χ3n) is 4.91. The molecule has 106 valence electrons. The largest absolute Gasteiger partial charge is 0.0622 e. The van der Waals surface area contributed by atoms with E-state index in [1.54, 1.807) is 0 Å². The molecule has 0 nitrogen and oxygen atoms in total. The molecule has 0 radical (unpaired) electrons. The summed E-state index contributed by atoms with van der Waals surface area (Å²) in [6.45, 7) is 11.8. The molecule has 0 bridgehead atoms. The van der Waals surface area contributed by atoms with Crippen LogP contribution in [0.15, 0.2) is 60.7 Å². The highest BCUT2D eigenvalue weighted by Gasteiger charge is 2.40. The van der Waals surface area contributed by atoms with Crippen LogP contribution in [0.5, 0.6) is 0 Å². The van der Waals surface area contributed by atoms with Gasteiger partial charge in [-0.25, -0.2) is 0 Å². The summed E-state index contributed by atoms with van der Waals surface area (Å²) in [7, 11) is 0. The summed E-state index contributed by atoms with van der Waals surface area (Å²) in [4.78, 5) is 0. The van der Waals surface area contributed by atoms with E-state index in [1.807, 2.05) is 0 Å². The molecule has 0 aliphatic heterocycles. The minimum absolute atomic E-state index is 0.0285. The predicted octanol–water partition coefficient (Wildman–Crippen LogP) is 5.67. The lowest BCUT2D eigenvalue weighted by atomic mass is 9.60. The van der Waals surface area contributed by atoms with Crippen LogP contribution in [0.2, 0.25) is 0 Å². The van der Waals surface area contributed by atoms with E-state index in [1.165, 1.54) is 11.1 Å². The Kier molecular flexibility index (Phi) is 4.04. The van der Waals surface area contributed by atoms with Crippen LogP contribution in [-0.2, 0) is 5.41 Å². The van der Waals surface area contributed by atoms with Crippen LogP contribution in [-0.4, -0.2) is 0 Å². The molecule has 0 fully saturated rings. The number of benzene rings is 2. The standard InChI is InChI=1S/C20H26/c1-16(19(2,3)4)20(5,17-12-8-6-9-13-17)18-14-10-7-11-15-18/h6-16H,1-5H3. The Bertz CT molecular complexity index is 492. The molecule has 2 aromatic rings. The van der Waals surface area contributed by atoms with Gasteiger partial charge in [0, 0.05) is 5.41 Å². The van der Waals surface area contributed by atoms with Gasteiger partial charge in [-0.2, -0.15) is 0 Å². The van der Waals surface area contributed by atoms with Crippen molar-refractivity contribution < 1.29 is 0 Å². The van der Waals surface area contributed by atoms with Crippen LogP contribution in [0.4, 0.5) is 0 Å². The lowest BCUT2D eigenvalue weighted by molar-refractivity contribution is 0.180. The molecule has 0 N–H and O–H groups in total. The summed E-state index contributed by atoms with van der Waals surface area (Å²) in [6.07, 6.45) is 0. The van der Waals surface area contributed by atoms with E-state index in [-0.39, 0.29) is 10.8 Å². The van der Waals surface area contributed by atoms with Crippen LogP contribution >= 0.6 is 0 Å². The maximum atomic E-state index is 2.38. The minimum atomic E-state index is 0.0285. The van der Waals surface area contributed by atoms with Crippen molar-refractivity contribution in [2.75, 3.05) is 0 Å². The molecule has 0 heteroatoms. The zero-order valence-electron chi connectivity index (χ0n) is 13.4. The van der Waals surface area contributed by atoms with Crippen LogP contribution in [0.1, 0.15) is 45.7 Å². The highest BCUT2D eigenvalue weighted by molar-refractivity contribution is 5.39. The molecule has 2 rings (SSSR count). The Morgan fingerprint density at radius 3 is 1.30 bits per heavy atom. The molecule has 2 aromatic carbocycles. The predicted molar refractivity (Wildman–Crippen MR) is 88.0 cm³/mol. The highest BCUT2D eigenvalue weighted by atomic mass is 14.4. The Morgan fingerprint density at radius 1 is 0.650 bits per heavy atom. The first-order chi connectivity index (χ1) is 9.37.